The van der Waals surface area contributed by atoms with Crippen molar-refractivity contribution in [3.8, 4) is 17.1 Å². The number of anilines is 1. The molecule has 2 aromatic carbocycles. The lowest BCUT2D eigenvalue weighted by Gasteiger charge is -2.12. The fourth-order valence-electron chi connectivity index (χ4n) is 2.51. The van der Waals surface area contributed by atoms with Crippen LogP contribution in [0.4, 0.5) is 5.69 Å². The van der Waals surface area contributed by atoms with Crippen molar-refractivity contribution >= 4 is 23.4 Å². The number of amides is 1. The quantitative estimate of drug-likeness (QED) is 0.468. The lowest BCUT2D eigenvalue weighted by atomic mass is 10.1. The van der Waals surface area contributed by atoms with Crippen LogP contribution in [0, 0.1) is 6.92 Å². The number of hydrogen-bond acceptors (Lipinski definition) is 6. The second-order valence-corrected chi connectivity index (χ2v) is 7.56. The maximum absolute atomic E-state index is 12.5. The number of carbonyl (C=O) groups excluding carboxylic acids is 1. The Morgan fingerprint density at radius 1 is 1.18 bits per heavy atom. The topological polar surface area (TPSA) is 95.1 Å². The minimum atomic E-state index is -0.399. The van der Waals surface area contributed by atoms with Crippen LogP contribution in [0.2, 0.25) is 0 Å². The summed E-state index contributed by atoms with van der Waals surface area (Å²) in [6.07, 6.45) is 0. The number of nitrogens with zero attached hydrogens (tertiary/aromatic N) is 3. The summed E-state index contributed by atoms with van der Waals surface area (Å²) in [5, 5.41) is 11.3. The van der Waals surface area contributed by atoms with E-state index in [0.717, 1.165) is 16.9 Å². The van der Waals surface area contributed by atoms with Gasteiger partial charge in [0.1, 0.15) is 5.75 Å². The van der Waals surface area contributed by atoms with Crippen LogP contribution in [0.5, 0.6) is 5.75 Å². The highest BCUT2D eigenvalue weighted by atomic mass is 32.2. The molecule has 0 aliphatic carbocycles. The summed E-state index contributed by atoms with van der Waals surface area (Å²) < 4.78 is 6.81. The van der Waals surface area contributed by atoms with Gasteiger partial charge in [0.2, 0.25) is 11.1 Å². The van der Waals surface area contributed by atoms with E-state index < -0.39 is 5.25 Å². The zero-order valence-electron chi connectivity index (χ0n) is 16.0. The normalized spacial score (nSPS) is 11.8. The number of rotatable bonds is 7. The van der Waals surface area contributed by atoms with Gasteiger partial charge < -0.3 is 15.9 Å². The molecule has 3 rings (SSSR count). The van der Waals surface area contributed by atoms with E-state index in [2.05, 4.69) is 15.5 Å². The third kappa shape index (κ3) is 4.64. The van der Waals surface area contributed by atoms with E-state index in [-0.39, 0.29) is 5.91 Å². The van der Waals surface area contributed by atoms with Crippen LogP contribution in [0.15, 0.2) is 53.7 Å². The molecule has 3 aromatic rings. The summed E-state index contributed by atoms with van der Waals surface area (Å²) in [5.74, 6) is 7.32. The molecule has 8 heteroatoms. The molecule has 0 bridgehead atoms. The van der Waals surface area contributed by atoms with E-state index in [1.807, 2.05) is 50.2 Å². The van der Waals surface area contributed by atoms with Crippen molar-refractivity contribution in [1.29, 1.82) is 0 Å². The highest BCUT2D eigenvalue weighted by molar-refractivity contribution is 8.00. The number of nitrogen functional groups attached to an aromatic ring is 1. The Kier molecular flexibility index (Phi) is 6.20. The fourth-order valence-corrected chi connectivity index (χ4v) is 3.28. The molecule has 1 aromatic heterocycles. The molecule has 1 heterocycles. The summed E-state index contributed by atoms with van der Waals surface area (Å²) in [5.41, 5.74) is 2.73. The second-order valence-electron chi connectivity index (χ2n) is 6.25. The van der Waals surface area contributed by atoms with Crippen molar-refractivity contribution in [3.63, 3.8) is 0 Å². The Hall–Kier alpha value is -3.00. The Morgan fingerprint density at radius 2 is 1.86 bits per heavy atom. The van der Waals surface area contributed by atoms with E-state index in [1.165, 1.54) is 16.4 Å². The number of carbonyl (C=O) groups is 1. The van der Waals surface area contributed by atoms with E-state index >= 15 is 0 Å². The van der Waals surface area contributed by atoms with Gasteiger partial charge in [-0.2, -0.15) is 0 Å². The van der Waals surface area contributed by atoms with Crippen molar-refractivity contribution in [2.24, 2.45) is 0 Å². The molecule has 7 nitrogen and oxygen atoms in total. The maximum Gasteiger partial charge on any atom is 0.237 e. The van der Waals surface area contributed by atoms with Gasteiger partial charge in [0.25, 0.3) is 0 Å². The van der Waals surface area contributed by atoms with Gasteiger partial charge in [-0.1, -0.05) is 41.6 Å². The van der Waals surface area contributed by atoms with Gasteiger partial charge in [-0.05, 0) is 45.0 Å². The number of thioether (sulfide) groups is 1. The molecule has 0 spiro atoms. The summed E-state index contributed by atoms with van der Waals surface area (Å²) in [6, 6.07) is 15.1. The molecular weight excluding hydrogens is 374 g/mol. The Labute approximate surface area is 168 Å². The smallest absolute Gasteiger partial charge is 0.237 e. The van der Waals surface area contributed by atoms with E-state index in [4.69, 9.17) is 10.6 Å². The third-order valence-electron chi connectivity index (χ3n) is 4.06. The first-order chi connectivity index (χ1) is 13.5. The van der Waals surface area contributed by atoms with Gasteiger partial charge in [-0.15, -0.1) is 10.2 Å². The second kappa shape index (κ2) is 8.79. The molecular formula is C20H23N5O2S. The number of nitrogens with one attached hydrogen (secondary N) is 1. The van der Waals surface area contributed by atoms with Gasteiger partial charge in [0, 0.05) is 11.3 Å². The van der Waals surface area contributed by atoms with Crippen LogP contribution >= 0.6 is 11.8 Å². The fraction of sp³-hybridized carbons (Fsp3) is 0.250. The minimum Gasteiger partial charge on any atom is -0.494 e. The van der Waals surface area contributed by atoms with Crippen molar-refractivity contribution in [3.05, 3.63) is 54.1 Å². The van der Waals surface area contributed by atoms with E-state index in [9.17, 15) is 4.79 Å². The molecule has 0 aliphatic heterocycles. The van der Waals surface area contributed by atoms with Crippen molar-refractivity contribution < 1.29 is 9.53 Å². The zero-order valence-corrected chi connectivity index (χ0v) is 16.9. The molecule has 0 radical (unpaired) electrons. The van der Waals surface area contributed by atoms with E-state index in [0.29, 0.717) is 23.3 Å². The van der Waals surface area contributed by atoms with Gasteiger partial charge >= 0.3 is 0 Å². The lowest BCUT2D eigenvalue weighted by molar-refractivity contribution is -0.115. The molecule has 146 valence electrons. The zero-order chi connectivity index (χ0) is 20.1. The number of nitrogens with two attached hydrogens (primary N) is 1. The highest BCUT2D eigenvalue weighted by Gasteiger charge is 2.20. The first-order valence-electron chi connectivity index (χ1n) is 8.96. The van der Waals surface area contributed by atoms with Gasteiger partial charge in [0.15, 0.2) is 5.82 Å². The van der Waals surface area contributed by atoms with Gasteiger partial charge in [-0.25, -0.2) is 4.68 Å². The van der Waals surface area contributed by atoms with Crippen LogP contribution < -0.4 is 15.9 Å². The van der Waals surface area contributed by atoms with Crippen LogP contribution in [0.3, 0.4) is 0 Å². The van der Waals surface area contributed by atoms with Crippen molar-refractivity contribution in [2.75, 3.05) is 17.8 Å². The van der Waals surface area contributed by atoms with Gasteiger partial charge in [-0.3, -0.25) is 4.79 Å². The largest absolute Gasteiger partial charge is 0.494 e. The van der Waals surface area contributed by atoms with Crippen LogP contribution in [0.1, 0.15) is 19.4 Å². The predicted octanol–water partition coefficient (Wildman–Crippen LogP) is 3.49. The molecule has 1 amide bonds. The summed E-state index contributed by atoms with van der Waals surface area (Å²) in [7, 11) is 0. The maximum atomic E-state index is 12.5. The van der Waals surface area contributed by atoms with Crippen LogP contribution in [-0.4, -0.2) is 32.6 Å². The van der Waals surface area contributed by atoms with Crippen molar-refractivity contribution in [2.45, 2.75) is 31.2 Å². The van der Waals surface area contributed by atoms with E-state index in [1.54, 1.807) is 19.1 Å². The number of aromatic nitrogens is 3. The van der Waals surface area contributed by atoms with Crippen LogP contribution in [-0.2, 0) is 4.79 Å². The molecule has 0 aliphatic rings. The highest BCUT2D eigenvalue weighted by Crippen LogP contribution is 2.26. The summed E-state index contributed by atoms with van der Waals surface area (Å²) in [6.45, 7) is 6.34. The number of ether oxygens (including phenoxy) is 1. The summed E-state index contributed by atoms with van der Waals surface area (Å²) >= 11 is 1.26. The van der Waals surface area contributed by atoms with Crippen molar-refractivity contribution in [1.82, 2.24) is 14.9 Å². The first kappa shape index (κ1) is 19.8. The molecule has 0 unspecified atom stereocenters. The average molecular weight is 398 g/mol. The Balaban J connectivity index is 1.64. The molecule has 0 saturated carbocycles. The molecule has 0 saturated heterocycles. The van der Waals surface area contributed by atoms with Crippen LogP contribution in [0.25, 0.3) is 11.4 Å². The number of aryl methyl sites for hydroxylation is 1. The number of benzene rings is 2. The summed E-state index contributed by atoms with van der Waals surface area (Å²) in [4.78, 5) is 12.5. The standard InChI is InChI=1S/C20H23N5O2S/c1-4-27-17-11-9-16(10-12-17)22-19(26)14(3)28-20-24-23-18(25(20)21)15-7-5-13(2)6-8-15/h5-12,14H,4,21H2,1-3H3,(H,22,26)/t14-/m1/s1. The lowest BCUT2D eigenvalue weighted by Crippen LogP contribution is -2.23. The molecule has 0 fully saturated rings. The minimum absolute atomic E-state index is 0.144. The molecule has 1 atom stereocenters. The average Bonchev–Trinajstić information content (AvgIpc) is 3.04. The first-order valence-corrected chi connectivity index (χ1v) is 9.83. The monoisotopic (exact) mass is 397 g/mol. The SMILES string of the molecule is CCOc1ccc(NC(=O)[C@@H](C)Sc2nnc(-c3ccc(C)cc3)n2N)cc1. The third-order valence-corrected chi connectivity index (χ3v) is 5.12. The van der Waals surface area contributed by atoms with Gasteiger partial charge in [0.05, 0.1) is 11.9 Å². The Bertz CT molecular complexity index is 938. The number of hydrogen-bond donors (Lipinski definition) is 2. The predicted molar refractivity (Wildman–Crippen MR) is 112 cm³/mol. The molecule has 28 heavy (non-hydrogen) atoms. The Morgan fingerprint density at radius 3 is 2.50 bits per heavy atom. The molecule has 3 N–H and O–H groups in total.